The van der Waals surface area contributed by atoms with Crippen LogP contribution < -0.4 is 15.1 Å². The van der Waals surface area contributed by atoms with Crippen molar-refractivity contribution in [1.82, 2.24) is 10.3 Å². The highest BCUT2D eigenvalue weighted by atomic mass is 35.5. The molecule has 0 radical (unpaired) electrons. The lowest BCUT2D eigenvalue weighted by molar-refractivity contribution is -0.133. The van der Waals surface area contributed by atoms with E-state index in [1.165, 1.54) is 28.1 Å². The van der Waals surface area contributed by atoms with Crippen molar-refractivity contribution in [3.8, 4) is 6.07 Å². The molecule has 2 atom stereocenters. The van der Waals surface area contributed by atoms with Crippen LogP contribution in [0.2, 0.25) is 5.02 Å². The van der Waals surface area contributed by atoms with Crippen LogP contribution in [-0.4, -0.2) is 45.8 Å². The van der Waals surface area contributed by atoms with E-state index in [1.807, 2.05) is 6.07 Å². The van der Waals surface area contributed by atoms with Crippen molar-refractivity contribution in [1.29, 1.82) is 5.26 Å². The lowest BCUT2D eigenvalue weighted by Crippen LogP contribution is -2.56. The number of nitrogens with zero attached hydrogens (tertiary/aromatic N) is 4. The molecule has 12 heteroatoms. The van der Waals surface area contributed by atoms with Crippen molar-refractivity contribution in [2.45, 2.75) is 68.2 Å². The van der Waals surface area contributed by atoms with E-state index in [1.54, 1.807) is 48.5 Å². The zero-order valence-corrected chi connectivity index (χ0v) is 24.2. The van der Waals surface area contributed by atoms with E-state index >= 15 is 0 Å². The van der Waals surface area contributed by atoms with Crippen LogP contribution in [0.1, 0.15) is 61.3 Å². The highest BCUT2D eigenvalue weighted by Crippen LogP contribution is 2.47. The van der Waals surface area contributed by atoms with Crippen LogP contribution in [0, 0.1) is 11.3 Å². The third kappa shape index (κ3) is 5.63. The number of aromatic nitrogens is 1. The van der Waals surface area contributed by atoms with E-state index in [-0.39, 0.29) is 46.4 Å². The molecule has 3 fully saturated rings. The lowest BCUT2D eigenvalue weighted by Gasteiger charge is -2.39. The van der Waals surface area contributed by atoms with Crippen molar-refractivity contribution in [3.63, 3.8) is 0 Å². The van der Waals surface area contributed by atoms with Crippen molar-refractivity contribution in [2.75, 3.05) is 9.80 Å². The van der Waals surface area contributed by atoms with Gasteiger partial charge in [-0.2, -0.15) is 5.26 Å². The van der Waals surface area contributed by atoms with Gasteiger partial charge in [0.2, 0.25) is 11.8 Å². The molecule has 3 aromatic rings. The number of alkyl halides is 2. The van der Waals surface area contributed by atoms with Crippen LogP contribution in [0.3, 0.4) is 0 Å². The summed E-state index contributed by atoms with van der Waals surface area (Å²) in [6, 6.07) is 14.6. The second-order valence-corrected chi connectivity index (χ2v) is 11.9. The molecule has 9 nitrogen and oxygen atoms in total. The normalized spacial score (nSPS) is 20.8. The van der Waals surface area contributed by atoms with Gasteiger partial charge in [0, 0.05) is 47.8 Å². The molecular weight excluding hydrogens is 592 g/mol. The average molecular weight is 620 g/mol. The number of aliphatic hydroxyl groups is 1. The van der Waals surface area contributed by atoms with Gasteiger partial charge in [0.1, 0.15) is 17.9 Å². The first kappa shape index (κ1) is 29.7. The number of nitrogens with one attached hydrogen (secondary N) is 1. The van der Waals surface area contributed by atoms with Crippen LogP contribution in [0.4, 0.5) is 20.3 Å². The Labute approximate surface area is 257 Å². The fourth-order valence-corrected chi connectivity index (χ4v) is 6.12. The van der Waals surface area contributed by atoms with Crippen LogP contribution in [-0.2, 0) is 20.0 Å². The predicted molar refractivity (Wildman–Crippen MR) is 157 cm³/mol. The van der Waals surface area contributed by atoms with Gasteiger partial charge < -0.3 is 10.4 Å². The summed E-state index contributed by atoms with van der Waals surface area (Å²) in [5, 5.41) is 23.1. The number of benzene rings is 2. The summed E-state index contributed by atoms with van der Waals surface area (Å²) in [4.78, 5) is 48.6. The Hall–Kier alpha value is -4.40. The van der Waals surface area contributed by atoms with Gasteiger partial charge >= 0.3 is 0 Å². The largest absolute Gasteiger partial charge is 0.385 e. The first-order valence-electron chi connectivity index (χ1n) is 14.3. The molecule has 1 saturated heterocycles. The standard InChI is InChI=1S/C32H28ClF2N5O4/c33-24-7-2-1-6-23(24)28(29(42)38-21-16-32(34,35)17-21)39(22-5-3-4-20(15-22)31(44)11-12-31)30(43)25-8-9-27(41)40(25)26-14-19(18-36)10-13-37-26/h1-7,10,13-15,21,25,28,44H,8-9,11-12,16-17H2,(H,38,42)/t25-,28-/m0/s1. The molecule has 226 valence electrons. The highest BCUT2D eigenvalue weighted by molar-refractivity contribution is 6.31. The van der Waals surface area contributed by atoms with Gasteiger partial charge in [-0.15, -0.1) is 0 Å². The number of hydrogen-bond donors (Lipinski definition) is 2. The monoisotopic (exact) mass is 619 g/mol. The third-order valence-corrected chi connectivity index (χ3v) is 8.73. The van der Waals surface area contributed by atoms with Crippen LogP contribution in [0.25, 0.3) is 0 Å². The number of rotatable bonds is 8. The van der Waals surface area contributed by atoms with Crippen molar-refractivity contribution >= 4 is 40.8 Å². The molecule has 1 aromatic heterocycles. The number of anilines is 2. The number of amides is 3. The molecule has 2 aromatic carbocycles. The lowest BCUT2D eigenvalue weighted by atomic mass is 9.87. The van der Waals surface area contributed by atoms with Gasteiger partial charge in [-0.1, -0.05) is 41.9 Å². The SMILES string of the molecule is N#Cc1ccnc(N2C(=O)CC[C@H]2C(=O)N(c2cccc(C3(O)CC3)c2)[C@H](C(=O)NC2CC(F)(F)C2)c2ccccc2Cl)c1. The fourth-order valence-electron chi connectivity index (χ4n) is 5.88. The van der Waals surface area contributed by atoms with E-state index in [4.69, 9.17) is 11.6 Å². The van der Waals surface area contributed by atoms with E-state index in [0.717, 1.165) is 0 Å². The number of carbonyl (C=O) groups excluding carboxylic acids is 3. The van der Waals surface area contributed by atoms with Crippen molar-refractivity contribution < 1.29 is 28.3 Å². The summed E-state index contributed by atoms with van der Waals surface area (Å²) in [6.07, 6.45) is 1.48. The minimum atomic E-state index is -2.89. The topological polar surface area (TPSA) is 127 Å². The molecule has 2 heterocycles. The Morgan fingerprint density at radius 3 is 2.57 bits per heavy atom. The van der Waals surface area contributed by atoms with Gasteiger partial charge in [-0.3, -0.25) is 24.2 Å². The van der Waals surface area contributed by atoms with Gasteiger partial charge in [-0.25, -0.2) is 13.8 Å². The third-order valence-electron chi connectivity index (χ3n) is 8.38. The second kappa shape index (κ2) is 11.3. The Balaban J connectivity index is 1.47. The maximum atomic E-state index is 14.7. The van der Waals surface area contributed by atoms with E-state index in [0.29, 0.717) is 18.4 Å². The molecule has 2 aliphatic carbocycles. The second-order valence-electron chi connectivity index (χ2n) is 11.5. The summed E-state index contributed by atoms with van der Waals surface area (Å²) < 4.78 is 27.4. The van der Waals surface area contributed by atoms with E-state index in [2.05, 4.69) is 10.3 Å². The molecule has 0 bridgehead atoms. The molecule has 2 N–H and O–H groups in total. The molecule has 2 saturated carbocycles. The molecule has 6 rings (SSSR count). The number of carbonyl (C=O) groups is 3. The number of nitriles is 1. The van der Waals surface area contributed by atoms with Gasteiger partial charge in [0.05, 0.1) is 17.2 Å². The fraction of sp³-hybridized carbons (Fsp3) is 0.344. The molecule has 3 aliphatic rings. The smallest absolute Gasteiger partial charge is 0.252 e. The van der Waals surface area contributed by atoms with Crippen LogP contribution in [0.5, 0.6) is 0 Å². The minimum absolute atomic E-state index is 0.0165. The molecule has 1 aliphatic heterocycles. The van der Waals surface area contributed by atoms with Crippen LogP contribution >= 0.6 is 11.6 Å². The van der Waals surface area contributed by atoms with Crippen molar-refractivity contribution in [3.05, 3.63) is 88.6 Å². The zero-order chi connectivity index (χ0) is 31.2. The summed E-state index contributed by atoms with van der Waals surface area (Å²) in [7, 11) is 0. The minimum Gasteiger partial charge on any atom is -0.385 e. The Morgan fingerprint density at radius 2 is 1.89 bits per heavy atom. The average Bonchev–Trinajstić information content (AvgIpc) is 3.63. The Bertz CT molecular complexity index is 1680. The summed E-state index contributed by atoms with van der Waals surface area (Å²) in [5.41, 5.74) is 0.231. The van der Waals surface area contributed by atoms with Gasteiger partial charge in [0.15, 0.2) is 0 Å². The van der Waals surface area contributed by atoms with Crippen molar-refractivity contribution in [2.24, 2.45) is 0 Å². The van der Waals surface area contributed by atoms with E-state index < -0.39 is 54.3 Å². The van der Waals surface area contributed by atoms with Crippen LogP contribution in [0.15, 0.2) is 66.9 Å². The first-order valence-corrected chi connectivity index (χ1v) is 14.6. The quantitative estimate of drug-likeness (QED) is 0.374. The molecule has 0 unspecified atom stereocenters. The number of hydrogen-bond acceptors (Lipinski definition) is 6. The summed E-state index contributed by atoms with van der Waals surface area (Å²) in [6.45, 7) is 0. The van der Waals surface area contributed by atoms with Gasteiger partial charge in [0.25, 0.3) is 11.8 Å². The molecule has 0 spiro atoms. The highest BCUT2D eigenvalue weighted by Gasteiger charge is 2.49. The Morgan fingerprint density at radius 1 is 1.14 bits per heavy atom. The molecule has 44 heavy (non-hydrogen) atoms. The zero-order valence-electron chi connectivity index (χ0n) is 23.4. The van der Waals surface area contributed by atoms with Gasteiger partial charge in [-0.05, 0) is 55.2 Å². The number of pyridine rings is 1. The predicted octanol–water partition coefficient (Wildman–Crippen LogP) is 4.77. The Kier molecular flexibility index (Phi) is 7.59. The molecular formula is C32H28ClF2N5O4. The number of halogens is 3. The summed E-state index contributed by atoms with van der Waals surface area (Å²) in [5.74, 6) is -4.53. The maximum absolute atomic E-state index is 14.7. The first-order chi connectivity index (χ1) is 21.0. The summed E-state index contributed by atoms with van der Waals surface area (Å²) >= 11 is 6.60. The maximum Gasteiger partial charge on any atom is 0.252 e. The van der Waals surface area contributed by atoms with E-state index in [9.17, 15) is 33.5 Å². The molecule has 3 amide bonds.